The first kappa shape index (κ1) is 12.3. The van der Waals surface area contributed by atoms with Crippen molar-refractivity contribution in [3.05, 3.63) is 0 Å². The molecule has 3 heteroatoms. The Balaban J connectivity index is 1.42. The predicted octanol–water partition coefficient (Wildman–Crippen LogP) is 1.06. The van der Waals surface area contributed by atoms with Crippen LogP contribution >= 0.6 is 0 Å². The third-order valence-electron chi connectivity index (χ3n) is 4.02. The minimum absolute atomic E-state index is 1.03. The van der Waals surface area contributed by atoms with Crippen LogP contribution in [0.2, 0.25) is 0 Å². The van der Waals surface area contributed by atoms with Crippen molar-refractivity contribution in [3.63, 3.8) is 0 Å². The monoisotopic (exact) mass is 225 g/mol. The van der Waals surface area contributed by atoms with Gasteiger partial charge in [-0.25, -0.2) is 0 Å². The summed E-state index contributed by atoms with van der Waals surface area (Å²) in [7, 11) is 0. The zero-order valence-electron chi connectivity index (χ0n) is 10.5. The topological polar surface area (TPSA) is 27.3 Å². The van der Waals surface area contributed by atoms with E-state index in [2.05, 4.69) is 15.5 Å². The fourth-order valence-corrected chi connectivity index (χ4v) is 2.90. The summed E-state index contributed by atoms with van der Waals surface area (Å²) < 4.78 is 0. The second-order valence-corrected chi connectivity index (χ2v) is 5.28. The summed E-state index contributed by atoms with van der Waals surface area (Å²) >= 11 is 0. The van der Waals surface area contributed by atoms with Crippen molar-refractivity contribution in [3.8, 4) is 0 Å². The minimum Gasteiger partial charge on any atom is -0.315 e. The number of piperazine rings is 1. The molecule has 0 unspecified atom stereocenters. The third-order valence-corrected chi connectivity index (χ3v) is 4.02. The van der Waals surface area contributed by atoms with Gasteiger partial charge in [0.05, 0.1) is 0 Å². The van der Waals surface area contributed by atoms with E-state index < -0.39 is 0 Å². The number of nitrogens with zero attached hydrogens (tertiary/aromatic N) is 1. The standard InChI is InChI=1S/C13H27N3/c1-2-4-13(3-1)5-6-14-7-10-16-11-8-15-9-12-16/h13-15H,1-12H2. The van der Waals surface area contributed by atoms with Crippen LogP contribution in [0.25, 0.3) is 0 Å². The van der Waals surface area contributed by atoms with Gasteiger partial charge in [0.1, 0.15) is 0 Å². The largest absolute Gasteiger partial charge is 0.315 e. The molecule has 0 radical (unpaired) electrons. The Kier molecular flexibility index (Phi) is 5.59. The van der Waals surface area contributed by atoms with Gasteiger partial charge in [0, 0.05) is 39.3 Å². The van der Waals surface area contributed by atoms with E-state index in [0.29, 0.717) is 0 Å². The van der Waals surface area contributed by atoms with Crippen molar-refractivity contribution < 1.29 is 0 Å². The van der Waals surface area contributed by atoms with Gasteiger partial charge in [-0.15, -0.1) is 0 Å². The molecule has 3 nitrogen and oxygen atoms in total. The molecule has 0 aromatic heterocycles. The molecule has 1 saturated heterocycles. The van der Waals surface area contributed by atoms with E-state index in [1.165, 1.54) is 77.9 Å². The first-order chi connectivity index (χ1) is 7.95. The summed E-state index contributed by atoms with van der Waals surface area (Å²) in [4.78, 5) is 2.55. The quantitative estimate of drug-likeness (QED) is 0.662. The Hall–Kier alpha value is -0.120. The van der Waals surface area contributed by atoms with Crippen LogP contribution in [0.5, 0.6) is 0 Å². The van der Waals surface area contributed by atoms with Crippen LogP contribution in [-0.4, -0.2) is 50.7 Å². The molecule has 0 amide bonds. The molecule has 94 valence electrons. The van der Waals surface area contributed by atoms with Crippen molar-refractivity contribution in [2.45, 2.75) is 32.1 Å². The van der Waals surface area contributed by atoms with E-state index in [-0.39, 0.29) is 0 Å². The van der Waals surface area contributed by atoms with Crippen molar-refractivity contribution in [1.82, 2.24) is 15.5 Å². The summed E-state index contributed by atoms with van der Waals surface area (Å²) in [6, 6.07) is 0. The van der Waals surface area contributed by atoms with Crippen LogP contribution < -0.4 is 10.6 Å². The van der Waals surface area contributed by atoms with E-state index in [4.69, 9.17) is 0 Å². The Morgan fingerprint density at radius 2 is 1.81 bits per heavy atom. The molecule has 0 aromatic carbocycles. The molecule has 16 heavy (non-hydrogen) atoms. The molecule has 0 bridgehead atoms. The molecule has 0 aromatic rings. The molecule has 2 rings (SSSR count). The van der Waals surface area contributed by atoms with Gasteiger partial charge in [-0.05, 0) is 18.9 Å². The van der Waals surface area contributed by atoms with Gasteiger partial charge in [0.2, 0.25) is 0 Å². The molecular weight excluding hydrogens is 198 g/mol. The van der Waals surface area contributed by atoms with Crippen molar-refractivity contribution in [2.75, 3.05) is 45.8 Å². The fourth-order valence-electron chi connectivity index (χ4n) is 2.90. The lowest BCUT2D eigenvalue weighted by molar-refractivity contribution is 0.240. The first-order valence-corrected chi connectivity index (χ1v) is 7.09. The van der Waals surface area contributed by atoms with Gasteiger partial charge in [-0.3, -0.25) is 4.90 Å². The van der Waals surface area contributed by atoms with Crippen LogP contribution in [0.3, 0.4) is 0 Å². The molecule has 2 aliphatic rings. The Morgan fingerprint density at radius 3 is 2.56 bits per heavy atom. The summed E-state index contributed by atoms with van der Waals surface area (Å²) in [5, 5.41) is 6.99. The second kappa shape index (κ2) is 7.25. The minimum atomic E-state index is 1.03. The van der Waals surface area contributed by atoms with Crippen LogP contribution in [0, 0.1) is 5.92 Å². The predicted molar refractivity (Wildman–Crippen MR) is 68.8 cm³/mol. The highest BCUT2D eigenvalue weighted by atomic mass is 15.2. The lowest BCUT2D eigenvalue weighted by Gasteiger charge is -2.27. The van der Waals surface area contributed by atoms with Gasteiger partial charge in [0.15, 0.2) is 0 Å². The number of nitrogens with one attached hydrogen (secondary N) is 2. The average molecular weight is 225 g/mol. The van der Waals surface area contributed by atoms with Gasteiger partial charge in [-0.1, -0.05) is 25.7 Å². The van der Waals surface area contributed by atoms with E-state index in [0.717, 1.165) is 5.92 Å². The van der Waals surface area contributed by atoms with Gasteiger partial charge in [-0.2, -0.15) is 0 Å². The van der Waals surface area contributed by atoms with Crippen molar-refractivity contribution >= 4 is 0 Å². The maximum absolute atomic E-state index is 3.60. The molecular formula is C13H27N3. The Morgan fingerprint density at radius 1 is 1.06 bits per heavy atom. The zero-order valence-corrected chi connectivity index (χ0v) is 10.5. The molecule has 1 aliphatic heterocycles. The van der Waals surface area contributed by atoms with Crippen molar-refractivity contribution in [2.24, 2.45) is 5.92 Å². The smallest absolute Gasteiger partial charge is 0.0108 e. The van der Waals surface area contributed by atoms with E-state index in [1.807, 2.05) is 0 Å². The Bertz CT molecular complexity index is 172. The third kappa shape index (κ3) is 4.40. The van der Waals surface area contributed by atoms with E-state index in [1.54, 1.807) is 0 Å². The Labute approximate surface area is 100.0 Å². The summed E-state index contributed by atoms with van der Waals surface area (Å²) in [5.41, 5.74) is 0. The molecule has 1 saturated carbocycles. The molecule has 2 N–H and O–H groups in total. The SMILES string of the molecule is C1CCC(CCNCCN2CCNCC2)C1. The van der Waals surface area contributed by atoms with Crippen LogP contribution in [0.15, 0.2) is 0 Å². The summed E-state index contributed by atoms with van der Waals surface area (Å²) in [6.07, 6.45) is 7.33. The lowest BCUT2D eigenvalue weighted by Crippen LogP contribution is -2.45. The first-order valence-electron chi connectivity index (χ1n) is 7.09. The fraction of sp³-hybridized carbons (Fsp3) is 1.00. The zero-order chi connectivity index (χ0) is 11.1. The highest BCUT2D eigenvalue weighted by Crippen LogP contribution is 2.26. The summed E-state index contributed by atoms with van der Waals surface area (Å²) in [6.45, 7) is 8.43. The molecule has 2 fully saturated rings. The van der Waals surface area contributed by atoms with Gasteiger partial charge >= 0.3 is 0 Å². The van der Waals surface area contributed by atoms with Crippen LogP contribution in [0.1, 0.15) is 32.1 Å². The lowest BCUT2D eigenvalue weighted by atomic mass is 10.0. The normalized spacial score (nSPS) is 24.0. The molecule has 1 heterocycles. The molecule has 0 atom stereocenters. The van der Waals surface area contributed by atoms with Crippen molar-refractivity contribution in [1.29, 1.82) is 0 Å². The molecule has 1 aliphatic carbocycles. The highest BCUT2D eigenvalue weighted by Gasteiger charge is 2.14. The second-order valence-electron chi connectivity index (χ2n) is 5.28. The van der Waals surface area contributed by atoms with Crippen LogP contribution in [0.4, 0.5) is 0 Å². The maximum atomic E-state index is 3.60. The number of hydrogen-bond donors (Lipinski definition) is 2. The number of rotatable bonds is 6. The average Bonchev–Trinajstić information content (AvgIpc) is 2.83. The number of hydrogen-bond acceptors (Lipinski definition) is 3. The van der Waals surface area contributed by atoms with E-state index >= 15 is 0 Å². The van der Waals surface area contributed by atoms with Gasteiger partial charge < -0.3 is 10.6 Å². The maximum Gasteiger partial charge on any atom is 0.0108 e. The molecule has 0 spiro atoms. The van der Waals surface area contributed by atoms with Crippen LogP contribution in [-0.2, 0) is 0 Å². The van der Waals surface area contributed by atoms with Gasteiger partial charge in [0.25, 0.3) is 0 Å². The summed E-state index contributed by atoms with van der Waals surface area (Å²) in [5.74, 6) is 1.03. The van der Waals surface area contributed by atoms with E-state index in [9.17, 15) is 0 Å². The highest BCUT2D eigenvalue weighted by molar-refractivity contribution is 4.70.